The highest BCUT2D eigenvalue weighted by Gasteiger charge is 2.28. The summed E-state index contributed by atoms with van der Waals surface area (Å²) in [6, 6.07) is 4.72. The van der Waals surface area contributed by atoms with Gasteiger partial charge in [-0.1, -0.05) is 13.8 Å². The van der Waals surface area contributed by atoms with E-state index in [9.17, 15) is 9.18 Å². The number of methoxy groups -OCH3 is 1. The average molecular weight is 294 g/mol. The summed E-state index contributed by atoms with van der Waals surface area (Å²) in [7, 11) is 1.40. The highest BCUT2D eigenvalue weighted by Crippen LogP contribution is 2.22. The Morgan fingerprint density at radius 1 is 1.52 bits per heavy atom. The fraction of sp³-hybridized carbons (Fsp3) is 0.562. The minimum absolute atomic E-state index is 0.0601. The van der Waals surface area contributed by atoms with Crippen LogP contribution in [0.15, 0.2) is 18.2 Å². The van der Waals surface area contributed by atoms with Crippen LogP contribution in [0.2, 0.25) is 0 Å². The van der Waals surface area contributed by atoms with Crippen LogP contribution in [-0.2, 0) is 0 Å². The van der Waals surface area contributed by atoms with Crippen LogP contribution in [-0.4, -0.2) is 43.6 Å². The van der Waals surface area contributed by atoms with Crippen molar-refractivity contribution in [2.45, 2.75) is 26.3 Å². The molecule has 116 valence electrons. The third-order valence-corrected chi connectivity index (χ3v) is 4.06. The first-order chi connectivity index (χ1) is 10.1. The molecule has 1 amide bonds. The van der Waals surface area contributed by atoms with Crippen molar-refractivity contribution in [2.24, 2.45) is 5.92 Å². The summed E-state index contributed by atoms with van der Waals surface area (Å²) in [4.78, 5) is 14.4. The molecule has 0 spiro atoms. The van der Waals surface area contributed by atoms with Crippen molar-refractivity contribution in [2.75, 3.05) is 26.7 Å². The van der Waals surface area contributed by atoms with Gasteiger partial charge in [0.1, 0.15) is 0 Å². The van der Waals surface area contributed by atoms with Gasteiger partial charge in [0.25, 0.3) is 5.91 Å². The van der Waals surface area contributed by atoms with Crippen molar-refractivity contribution >= 4 is 5.91 Å². The Morgan fingerprint density at radius 2 is 2.29 bits per heavy atom. The number of piperidine rings is 1. The van der Waals surface area contributed by atoms with Gasteiger partial charge in [0.2, 0.25) is 0 Å². The molecular weight excluding hydrogens is 271 g/mol. The molecule has 1 saturated heterocycles. The maximum Gasteiger partial charge on any atom is 0.254 e. The van der Waals surface area contributed by atoms with Gasteiger partial charge in [-0.05, 0) is 37.1 Å². The molecule has 1 aromatic carbocycles. The molecular formula is C16H23FN2O2. The Labute approximate surface area is 125 Å². The number of amides is 1. The van der Waals surface area contributed by atoms with Crippen LogP contribution >= 0.6 is 0 Å². The maximum absolute atomic E-state index is 13.4. The predicted molar refractivity (Wildman–Crippen MR) is 80.1 cm³/mol. The van der Waals surface area contributed by atoms with E-state index in [-0.39, 0.29) is 11.7 Å². The van der Waals surface area contributed by atoms with Gasteiger partial charge in [0, 0.05) is 24.7 Å². The van der Waals surface area contributed by atoms with Crippen LogP contribution in [0.25, 0.3) is 0 Å². The molecule has 0 radical (unpaired) electrons. The van der Waals surface area contributed by atoms with E-state index in [0.29, 0.717) is 17.5 Å². The molecule has 1 heterocycles. The molecule has 0 bridgehead atoms. The summed E-state index contributed by atoms with van der Waals surface area (Å²) in [6.45, 7) is 6.63. The number of likely N-dealkylation sites (tertiary alicyclic amines) is 1. The number of nitrogens with zero attached hydrogens (tertiary/aromatic N) is 1. The second-order valence-electron chi connectivity index (χ2n) is 5.53. The lowest BCUT2D eigenvalue weighted by atomic mass is 9.93. The number of nitrogens with one attached hydrogen (secondary N) is 1. The lowest BCUT2D eigenvalue weighted by molar-refractivity contribution is 0.0645. The lowest BCUT2D eigenvalue weighted by Gasteiger charge is -2.37. The lowest BCUT2D eigenvalue weighted by Crippen LogP contribution is -2.50. The van der Waals surface area contributed by atoms with Crippen molar-refractivity contribution in [3.63, 3.8) is 0 Å². The maximum atomic E-state index is 13.4. The van der Waals surface area contributed by atoms with E-state index in [4.69, 9.17) is 4.74 Å². The molecule has 2 atom stereocenters. The number of carbonyl (C=O) groups is 1. The Morgan fingerprint density at radius 3 is 2.90 bits per heavy atom. The number of carbonyl (C=O) groups excluding carboxylic acids is 1. The standard InChI is InChI=1S/C16H23FN2O2/c1-4-18-14-7-8-19(10-11(14)2)16(20)12-5-6-13(17)15(9-12)21-3/h5-6,9,11,14,18H,4,7-8,10H2,1-3H3. The van der Waals surface area contributed by atoms with Crippen LogP contribution in [0.1, 0.15) is 30.6 Å². The Hall–Kier alpha value is -1.62. The van der Waals surface area contributed by atoms with Crippen LogP contribution in [0.5, 0.6) is 5.75 Å². The van der Waals surface area contributed by atoms with Gasteiger partial charge >= 0.3 is 0 Å². The SMILES string of the molecule is CCNC1CCN(C(=O)c2ccc(F)c(OC)c2)CC1C. The van der Waals surface area contributed by atoms with Crippen LogP contribution < -0.4 is 10.1 Å². The van der Waals surface area contributed by atoms with E-state index in [1.54, 1.807) is 0 Å². The number of ether oxygens (including phenoxy) is 1. The first kappa shape index (κ1) is 15.8. The van der Waals surface area contributed by atoms with E-state index in [2.05, 4.69) is 19.2 Å². The summed E-state index contributed by atoms with van der Waals surface area (Å²) in [6.07, 6.45) is 0.944. The second-order valence-corrected chi connectivity index (χ2v) is 5.53. The van der Waals surface area contributed by atoms with Gasteiger partial charge in [-0.25, -0.2) is 4.39 Å². The van der Waals surface area contributed by atoms with Gasteiger partial charge in [0.15, 0.2) is 11.6 Å². The van der Waals surface area contributed by atoms with Crippen molar-refractivity contribution < 1.29 is 13.9 Å². The summed E-state index contributed by atoms with van der Waals surface area (Å²) in [5.41, 5.74) is 0.474. The topological polar surface area (TPSA) is 41.6 Å². The van der Waals surface area contributed by atoms with Crippen LogP contribution in [0.4, 0.5) is 4.39 Å². The third-order valence-electron chi connectivity index (χ3n) is 4.06. The number of hydrogen-bond acceptors (Lipinski definition) is 3. The summed E-state index contributed by atoms with van der Waals surface area (Å²) in [5.74, 6) is 0.00444. The highest BCUT2D eigenvalue weighted by atomic mass is 19.1. The molecule has 1 aliphatic heterocycles. The minimum atomic E-state index is -0.451. The number of benzene rings is 1. The van der Waals surface area contributed by atoms with E-state index >= 15 is 0 Å². The normalized spacial score (nSPS) is 22.2. The zero-order chi connectivity index (χ0) is 15.4. The Balaban J connectivity index is 2.07. The van der Waals surface area contributed by atoms with E-state index in [1.807, 2.05) is 4.90 Å². The summed E-state index contributed by atoms with van der Waals surface area (Å²) in [5, 5.41) is 3.45. The average Bonchev–Trinajstić information content (AvgIpc) is 2.49. The molecule has 1 aromatic rings. The molecule has 0 aromatic heterocycles. The molecule has 1 N–H and O–H groups in total. The van der Waals surface area contributed by atoms with Gasteiger partial charge in [-0.3, -0.25) is 4.79 Å². The van der Waals surface area contributed by atoms with Crippen molar-refractivity contribution in [3.05, 3.63) is 29.6 Å². The molecule has 5 heteroatoms. The fourth-order valence-corrected chi connectivity index (χ4v) is 2.87. The van der Waals surface area contributed by atoms with Gasteiger partial charge in [-0.2, -0.15) is 0 Å². The molecule has 0 aliphatic carbocycles. The van der Waals surface area contributed by atoms with Crippen molar-refractivity contribution in [1.82, 2.24) is 10.2 Å². The molecule has 21 heavy (non-hydrogen) atoms. The van der Waals surface area contributed by atoms with E-state index in [1.165, 1.54) is 25.3 Å². The third kappa shape index (κ3) is 3.53. The number of halogens is 1. The molecule has 2 rings (SSSR count). The first-order valence-corrected chi connectivity index (χ1v) is 7.43. The zero-order valence-electron chi connectivity index (χ0n) is 12.9. The largest absolute Gasteiger partial charge is 0.494 e. The van der Waals surface area contributed by atoms with E-state index in [0.717, 1.165) is 26.1 Å². The molecule has 1 fully saturated rings. The second kappa shape index (κ2) is 6.89. The fourth-order valence-electron chi connectivity index (χ4n) is 2.87. The molecule has 1 aliphatic rings. The number of rotatable bonds is 4. The predicted octanol–water partition coefficient (Wildman–Crippen LogP) is 2.29. The number of hydrogen-bond donors (Lipinski definition) is 1. The first-order valence-electron chi connectivity index (χ1n) is 7.43. The summed E-state index contributed by atoms with van der Waals surface area (Å²) >= 11 is 0. The van der Waals surface area contributed by atoms with Crippen molar-refractivity contribution in [3.8, 4) is 5.75 Å². The monoisotopic (exact) mass is 294 g/mol. The summed E-state index contributed by atoms with van der Waals surface area (Å²) < 4.78 is 18.4. The Kier molecular flexibility index (Phi) is 5.17. The Bertz CT molecular complexity index is 507. The van der Waals surface area contributed by atoms with Gasteiger partial charge in [0.05, 0.1) is 7.11 Å². The quantitative estimate of drug-likeness (QED) is 0.926. The van der Waals surface area contributed by atoms with Gasteiger partial charge < -0.3 is 15.0 Å². The van der Waals surface area contributed by atoms with Crippen LogP contribution in [0.3, 0.4) is 0 Å². The minimum Gasteiger partial charge on any atom is -0.494 e. The van der Waals surface area contributed by atoms with E-state index < -0.39 is 5.82 Å². The zero-order valence-corrected chi connectivity index (χ0v) is 12.9. The molecule has 0 saturated carbocycles. The van der Waals surface area contributed by atoms with Crippen molar-refractivity contribution in [1.29, 1.82) is 0 Å². The smallest absolute Gasteiger partial charge is 0.254 e. The highest BCUT2D eigenvalue weighted by molar-refractivity contribution is 5.94. The van der Waals surface area contributed by atoms with Gasteiger partial charge in [-0.15, -0.1) is 0 Å². The molecule has 2 unspecified atom stereocenters. The van der Waals surface area contributed by atoms with Crippen LogP contribution in [0, 0.1) is 11.7 Å². The molecule has 4 nitrogen and oxygen atoms in total.